The first kappa shape index (κ1) is 19.3. The Morgan fingerprint density at radius 3 is 2.50 bits per heavy atom. The van der Waals surface area contributed by atoms with Crippen LogP contribution in [0.2, 0.25) is 0 Å². The number of ketones is 1. The number of anilines is 1. The monoisotopic (exact) mass is 404 g/mol. The third-order valence-electron chi connectivity index (χ3n) is 5.26. The number of aromatic nitrogens is 1. The van der Waals surface area contributed by atoms with Crippen LogP contribution in [0, 0.1) is 11.8 Å². The van der Waals surface area contributed by atoms with Gasteiger partial charge in [-0.2, -0.15) is 0 Å². The number of hydrogen-bond donors (Lipinski definition) is 1. The molecule has 0 spiro atoms. The quantitative estimate of drug-likeness (QED) is 0.737. The van der Waals surface area contributed by atoms with Gasteiger partial charge in [0.25, 0.3) is 0 Å². The molecule has 0 bridgehead atoms. The van der Waals surface area contributed by atoms with Gasteiger partial charge in [0.2, 0.25) is 5.91 Å². The summed E-state index contributed by atoms with van der Waals surface area (Å²) < 4.78 is 16.2. The highest BCUT2D eigenvalue weighted by atomic mass is 32.1. The lowest BCUT2D eigenvalue weighted by molar-refractivity contribution is -0.117. The fourth-order valence-electron chi connectivity index (χ4n) is 3.65. The van der Waals surface area contributed by atoms with Crippen molar-refractivity contribution in [2.45, 2.75) is 32.1 Å². The van der Waals surface area contributed by atoms with Crippen LogP contribution < -0.4 is 5.32 Å². The Labute approximate surface area is 167 Å². The van der Waals surface area contributed by atoms with Gasteiger partial charge in [-0.3, -0.25) is 9.59 Å². The van der Waals surface area contributed by atoms with E-state index in [9.17, 15) is 9.59 Å². The van der Waals surface area contributed by atoms with Crippen LogP contribution in [-0.4, -0.2) is 43.1 Å². The van der Waals surface area contributed by atoms with Crippen molar-refractivity contribution >= 4 is 28.2 Å². The van der Waals surface area contributed by atoms with Crippen molar-refractivity contribution in [3.05, 3.63) is 23.3 Å². The molecule has 2 aliphatic rings. The van der Waals surface area contributed by atoms with Gasteiger partial charge in [0, 0.05) is 38.8 Å². The van der Waals surface area contributed by atoms with Gasteiger partial charge in [-0.15, -0.1) is 0 Å². The third-order valence-corrected chi connectivity index (χ3v) is 6.24. The summed E-state index contributed by atoms with van der Waals surface area (Å²) in [4.78, 5) is 30.6. The molecular weight excluding hydrogens is 380 g/mol. The first-order valence-electron chi connectivity index (χ1n) is 9.75. The zero-order chi connectivity index (χ0) is 19.3. The molecule has 0 aromatic carbocycles. The maximum Gasteiger partial charge on any atom is 0.226 e. The van der Waals surface area contributed by atoms with Gasteiger partial charge >= 0.3 is 0 Å². The van der Waals surface area contributed by atoms with Gasteiger partial charge in [0.1, 0.15) is 10.6 Å². The summed E-state index contributed by atoms with van der Waals surface area (Å²) >= 11 is 1.23. The highest BCUT2D eigenvalue weighted by Gasteiger charge is 2.29. The molecule has 1 amide bonds. The summed E-state index contributed by atoms with van der Waals surface area (Å²) in [6.07, 6.45) is 5.22. The molecule has 0 atom stereocenters. The summed E-state index contributed by atoms with van der Waals surface area (Å²) in [7, 11) is 0. The number of nitrogens with zero attached hydrogens (tertiary/aromatic N) is 1. The Balaban J connectivity index is 1.51. The van der Waals surface area contributed by atoms with Crippen LogP contribution >= 0.6 is 11.3 Å². The van der Waals surface area contributed by atoms with E-state index in [1.165, 1.54) is 11.3 Å². The van der Waals surface area contributed by atoms with Crippen molar-refractivity contribution in [1.82, 2.24) is 4.98 Å². The predicted octanol–water partition coefficient (Wildman–Crippen LogP) is 3.77. The van der Waals surface area contributed by atoms with Gasteiger partial charge in [-0.1, -0.05) is 11.3 Å². The summed E-state index contributed by atoms with van der Waals surface area (Å²) in [5.74, 6) is 0.778. The van der Waals surface area contributed by atoms with Gasteiger partial charge in [-0.25, -0.2) is 4.98 Å². The van der Waals surface area contributed by atoms with Crippen LogP contribution in [0.3, 0.4) is 0 Å². The van der Waals surface area contributed by atoms with Crippen LogP contribution in [0.1, 0.15) is 41.8 Å². The zero-order valence-corrected chi connectivity index (χ0v) is 16.5. The molecule has 28 heavy (non-hydrogen) atoms. The molecule has 0 unspecified atom stereocenters. The number of Topliss-reactive ketones (excluding diaryl/α,β-unsaturated/α-hetero) is 1. The second-order valence-corrected chi connectivity index (χ2v) is 8.23. The highest BCUT2D eigenvalue weighted by Crippen LogP contribution is 2.35. The first-order valence-corrected chi connectivity index (χ1v) is 10.6. The van der Waals surface area contributed by atoms with E-state index >= 15 is 0 Å². The molecule has 2 aromatic heterocycles. The molecule has 2 saturated heterocycles. The van der Waals surface area contributed by atoms with Crippen molar-refractivity contribution in [2.24, 2.45) is 11.8 Å². The standard InChI is InChI=1S/C20H24N2O5S/c23-16(12-13-3-8-25-9-4-13)21-20-22-17(15-2-1-7-27-15)19(28-20)18(24)14-5-10-26-11-6-14/h1-2,7,13-14H,3-6,8-12H2,(H,21,22,23). The number of furan rings is 1. The molecule has 150 valence electrons. The average Bonchev–Trinajstić information content (AvgIpc) is 3.38. The lowest BCUT2D eigenvalue weighted by atomic mass is 9.94. The molecule has 7 nitrogen and oxygen atoms in total. The van der Waals surface area contributed by atoms with Crippen molar-refractivity contribution in [3.8, 4) is 11.5 Å². The molecule has 1 N–H and O–H groups in total. The second-order valence-electron chi connectivity index (χ2n) is 7.23. The fraction of sp³-hybridized carbons (Fsp3) is 0.550. The number of carbonyl (C=O) groups excluding carboxylic acids is 2. The molecule has 4 heterocycles. The van der Waals surface area contributed by atoms with Gasteiger partial charge < -0.3 is 19.2 Å². The average molecular weight is 404 g/mol. The maximum atomic E-state index is 13.1. The largest absolute Gasteiger partial charge is 0.463 e. The predicted molar refractivity (Wildman–Crippen MR) is 104 cm³/mol. The van der Waals surface area contributed by atoms with E-state index < -0.39 is 0 Å². The summed E-state index contributed by atoms with van der Waals surface area (Å²) in [6, 6.07) is 3.55. The Kier molecular flexibility index (Phi) is 6.19. The molecule has 0 saturated carbocycles. The number of rotatable bonds is 6. The van der Waals surface area contributed by atoms with Crippen molar-refractivity contribution in [3.63, 3.8) is 0 Å². The van der Waals surface area contributed by atoms with Crippen LogP contribution in [0.5, 0.6) is 0 Å². The lowest BCUT2D eigenvalue weighted by Gasteiger charge is -2.21. The summed E-state index contributed by atoms with van der Waals surface area (Å²) in [5.41, 5.74) is 0.507. The SMILES string of the molecule is O=C(CC1CCOCC1)Nc1nc(-c2ccco2)c(C(=O)C2CCOCC2)s1. The van der Waals surface area contributed by atoms with Gasteiger partial charge in [-0.05, 0) is 43.7 Å². The molecule has 2 aromatic rings. The Morgan fingerprint density at radius 2 is 1.82 bits per heavy atom. The van der Waals surface area contributed by atoms with E-state index in [0.717, 1.165) is 12.8 Å². The topological polar surface area (TPSA) is 90.7 Å². The molecule has 8 heteroatoms. The molecular formula is C20H24N2O5S. The summed E-state index contributed by atoms with van der Waals surface area (Å²) in [6.45, 7) is 2.61. The number of ether oxygens (including phenoxy) is 2. The number of carbonyl (C=O) groups is 2. The van der Waals surface area contributed by atoms with E-state index in [0.29, 0.717) is 73.1 Å². The molecule has 2 fully saturated rings. The van der Waals surface area contributed by atoms with Gasteiger partial charge in [0.05, 0.1) is 6.26 Å². The number of amides is 1. The summed E-state index contributed by atoms with van der Waals surface area (Å²) in [5, 5.41) is 3.32. The van der Waals surface area contributed by atoms with Crippen molar-refractivity contribution < 1.29 is 23.5 Å². The van der Waals surface area contributed by atoms with E-state index in [1.807, 2.05) is 0 Å². The minimum absolute atomic E-state index is 0.0529. The lowest BCUT2D eigenvalue weighted by Crippen LogP contribution is -2.23. The van der Waals surface area contributed by atoms with Crippen LogP contribution in [0.4, 0.5) is 5.13 Å². The second kappa shape index (κ2) is 8.98. The van der Waals surface area contributed by atoms with Gasteiger partial charge in [0.15, 0.2) is 16.7 Å². The van der Waals surface area contributed by atoms with Crippen molar-refractivity contribution in [1.29, 1.82) is 0 Å². The minimum Gasteiger partial charge on any atom is -0.463 e. The first-order chi connectivity index (χ1) is 13.7. The smallest absolute Gasteiger partial charge is 0.226 e. The number of thiazole rings is 1. The number of nitrogens with one attached hydrogen (secondary N) is 1. The fourth-order valence-corrected chi connectivity index (χ4v) is 4.65. The van der Waals surface area contributed by atoms with E-state index in [2.05, 4.69) is 10.3 Å². The van der Waals surface area contributed by atoms with E-state index in [1.54, 1.807) is 18.4 Å². The molecule has 0 aliphatic carbocycles. The Bertz CT molecular complexity index is 805. The van der Waals surface area contributed by atoms with E-state index in [4.69, 9.17) is 13.9 Å². The minimum atomic E-state index is -0.0753. The van der Waals surface area contributed by atoms with Crippen LogP contribution in [0.15, 0.2) is 22.8 Å². The molecule has 4 rings (SSSR count). The highest BCUT2D eigenvalue weighted by molar-refractivity contribution is 7.18. The van der Waals surface area contributed by atoms with E-state index in [-0.39, 0.29) is 17.6 Å². The van der Waals surface area contributed by atoms with Crippen LogP contribution in [0.25, 0.3) is 11.5 Å². The molecule has 0 radical (unpaired) electrons. The third kappa shape index (κ3) is 4.51. The Hall–Kier alpha value is -2.03. The van der Waals surface area contributed by atoms with Crippen molar-refractivity contribution in [2.75, 3.05) is 31.7 Å². The van der Waals surface area contributed by atoms with Crippen LogP contribution in [-0.2, 0) is 14.3 Å². The Morgan fingerprint density at radius 1 is 1.11 bits per heavy atom. The number of hydrogen-bond acceptors (Lipinski definition) is 7. The molecule has 2 aliphatic heterocycles. The normalized spacial score (nSPS) is 18.9. The zero-order valence-electron chi connectivity index (χ0n) is 15.6. The maximum absolute atomic E-state index is 13.1.